The summed E-state index contributed by atoms with van der Waals surface area (Å²) < 4.78 is 11.4. The van der Waals surface area contributed by atoms with Gasteiger partial charge in [0.05, 0.1) is 25.7 Å². The molecule has 1 aliphatic rings. The fourth-order valence-corrected chi connectivity index (χ4v) is 2.45. The van der Waals surface area contributed by atoms with E-state index in [9.17, 15) is 4.79 Å². The fraction of sp³-hybridized carbons (Fsp3) is 0.278. The topological polar surface area (TPSA) is 47.6 Å². The van der Waals surface area contributed by atoms with Crippen LogP contribution in [-0.4, -0.2) is 25.2 Å². The van der Waals surface area contributed by atoms with Crippen molar-refractivity contribution >= 4 is 5.91 Å². The summed E-state index contributed by atoms with van der Waals surface area (Å²) in [5, 5.41) is 2.95. The molecule has 0 unspecified atom stereocenters. The highest BCUT2D eigenvalue weighted by molar-refractivity contribution is 5.78. The van der Waals surface area contributed by atoms with E-state index in [1.807, 2.05) is 60.7 Å². The van der Waals surface area contributed by atoms with Gasteiger partial charge in [0, 0.05) is 5.56 Å². The second-order valence-electron chi connectivity index (χ2n) is 5.34. The van der Waals surface area contributed by atoms with Gasteiger partial charge in [-0.05, 0) is 5.56 Å². The number of hydrogen-bond donors (Lipinski definition) is 1. The van der Waals surface area contributed by atoms with Crippen LogP contribution in [0.2, 0.25) is 0 Å². The van der Waals surface area contributed by atoms with Gasteiger partial charge in [0.15, 0.2) is 6.29 Å². The van der Waals surface area contributed by atoms with E-state index < -0.39 is 0 Å². The molecular formula is C18H19NO3. The van der Waals surface area contributed by atoms with Gasteiger partial charge in [0.25, 0.3) is 0 Å². The highest BCUT2D eigenvalue weighted by atomic mass is 16.7. The molecule has 1 saturated heterocycles. The highest BCUT2D eigenvalue weighted by Crippen LogP contribution is 2.22. The van der Waals surface area contributed by atoms with Gasteiger partial charge < -0.3 is 14.8 Å². The van der Waals surface area contributed by atoms with Crippen molar-refractivity contribution in [2.24, 2.45) is 0 Å². The van der Waals surface area contributed by atoms with Crippen molar-refractivity contribution < 1.29 is 14.3 Å². The molecule has 4 nitrogen and oxygen atoms in total. The molecule has 0 atom stereocenters. The van der Waals surface area contributed by atoms with Crippen molar-refractivity contribution in [2.45, 2.75) is 18.8 Å². The average molecular weight is 297 g/mol. The van der Waals surface area contributed by atoms with Crippen LogP contribution in [0.15, 0.2) is 60.7 Å². The molecule has 0 bridgehead atoms. The van der Waals surface area contributed by atoms with E-state index in [4.69, 9.17) is 9.47 Å². The van der Waals surface area contributed by atoms with Crippen molar-refractivity contribution in [1.82, 2.24) is 5.32 Å². The summed E-state index contributed by atoms with van der Waals surface area (Å²) in [6.07, 6.45) is 0.0305. The largest absolute Gasteiger partial charge is 0.348 e. The summed E-state index contributed by atoms with van der Waals surface area (Å²) in [5.41, 5.74) is 2.00. The predicted octanol–water partition coefficient (Wildman–Crippen LogP) is 2.46. The number of ether oxygens (including phenoxy) is 2. The van der Waals surface area contributed by atoms with Crippen LogP contribution in [-0.2, 0) is 20.7 Å². The van der Waals surface area contributed by atoms with Crippen molar-refractivity contribution in [3.8, 4) is 0 Å². The maximum atomic E-state index is 12.0. The molecule has 2 aromatic rings. The van der Waals surface area contributed by atoms with Gasteiger partial charge in [-0.25, -0.2) is 0 Å². The molecule has 1 amide bonds. The second kappa shape index (κ2) is 7.20. The van der Waals surface area contributed by atoms with E-state index in [-0.39, 0.29) is 18.2 Å². The number of carbonyl (C=O) groups excluding carboxylic acids is 1. The molecule has 0 aromatic heterocycles. The molecule has 114 valence electrons. The molecule has 0 spiro atoms. The van der Waals surface area contributed by atoms with Gasteiger partial charge in [-0.3, -0.25) is 4.79 Å². The Kier molecular flexibility index (Phi) is 4.83. The number of nitrogens with one attached hydrogen (secondary N) is 1. The maximum absolute atomic E-state index is 12.0. The molecule has 1 N–H and O–H groups in total. The number of rotatable bonds is 4. The molecular weight excluding hydrogens is 278 g/mol. The minimum absolute atomic E-state index is 0.0124. The third-order valence-electron chi connectivity index (χ3n) is 3.54. The predicted molar refractivity (Wildman–Crippen MR) is 83.2 cm³/mol. The summed E-state index contributed by atoms with van der Waals surface area (Å²) in [7, 11) is 0. The Labute approximate surface area is 130 Å². The van der Waals surface area contributed by atoms with Gasteiger partial charge in [-0.1, -0.05) is 60.7 Å². The van der Waals surface area contributed by atoms with E-state index in [0.29, 0.717) is 19.6 Å². The van der Waals surface area contributed by atoms with E-state index in [2.05, 4.69) is 5.32 Å². The van der Waals surface area contributed by atoms with Crippen LogP contribution >= 0.6 is 0 Å². The Morgan fingerprint density at radius 3 is 2.18 bits per heavy atom. The normalized spacial score (nSPS) is 21.3. The third-order valence-corrected chi connectivity index (χ3v) is 3.54. The summed E-state index contributed by atoms with van der Waals surface area (Å²) in [6, 6.07) is 19.4. The Hall–Kier alpha value is -2.17. The molecule has 0 saturated carbocycles. The second-order valence-corrected chi connectivity index (χ2v) is 5.34. The molecule has 2 aromatic carbocycles. The zero-order valence-electron chi connectivity index (χ0n) is 12.3. The number of benzene rings is 2. The van der Waals surface area contributed by atoms with E-state index >= 15 is 0 Å². The third kappa shape index (κ3) is 3.93. The number of amides is 1. The zero-order valence-corrected chi connectivity index (χ0v) is 12.3. The van der Waals surface area contributed by atoms with Crippen molar-refractivity contribution in [3.05, 3.63) is 71.8 Å². The molecule has 0 radical (unpaired) electrons. The Balaban J connectivity index is 1.47. The molecule has 1 aliphatic heterocycles. The average Bonchev–Trinajstić information content (AvgIpc) is 2.57. The molecule has 1 heterocycles. The first kappa shape index (κ1) is 14.8. The van der Waals surface area contributed by atoms with Gasteiger partial charge in [0.1, 0.15) is 0 Å². The van der Waals surface area contributed by atoms with Crippen LogP contribution in [0.4, 0.5) is 0 Å². The van der Waals surface area contributed by atoms with Crippen molar-refractivity contribution in [1.29, 1.82) is 0 Å². The molecule has 4 heteroatoms. The molecule has 0 aliphatic carbocycles. The smallest absolute Gasteiger partial charge is 0.224 e. The standard InChI is InChI=1S/C18H19NO3/c20-17(11-14-7-3-1-4-8-14)19-16-12-21-18(22-13-16)15-9-5-2-6-10-15/h1-10,16,18H,11-13H2,(H,19,20). The quantitative estimate of drug-likeness (QED) is 0.943. The minimum Gasteiger partial charge on any atom is -0.348 e. The Morgan fingerprint density at radius 1 is 0.955 bits per heavy atom. The first-order valence-corrected chi connectivity index (χ1v) is 7.43. The molecule has 22 heavy (non-hydrogen) atoms. The van der Waals surface area contributed by atoms with Gasteiger partial charge >= 0.3 is 0 Å². The van der Waals surface area contributed by atoms with E-state index in [1.54, 1.807) is 0 Å². The van der Waals surface area contributed by atoms with E-state index in [0.717, 1.165) is 11.1 Å². The number of hydrogen-bond acceptors (Lipinski definition) is 3. The van der Waals surface area contributed by atoms with E-state index in [1.165, 1.54) is 0 Å². The Bertz CT molecular complexity index is 592. The monoisotopic (exact) mass is 297 g/mol. The van der Waals surface area contributed by atoms with Gasteiger partial charge in [0.2, 0.25) is 5.91 Å². The summed E-state index contributed by atoms with van der Waals surface area (Å²) in [6.45, 7) is 0.917. The lowest BCUT2D eigenvalue weighted by molar-refractivity contribution is -0.195. The summed E-state index contributed by atoms with van der Waals surface area (Å²) >= 11 is 0. The summed E-state index contributed by atoms with van der Waals surface area (Å²) in [4.78, 5) is 12.0. The Morgan fingerprint density at radius 2 is 1.55 bits per heavy atom. The van der Waals surface area contributed by atoms with Crippen LogP contribution in [0.25, 0.3) is 0 Å². The minimum atomic E-state index is -0.344. The van der Waals surface area contributed by atoms with Crippen LogP contribution in [0.1, 0.15) is 17.4 Å². The lowest BCUT2D eigenvalue weighted by Gasteiger charge is -2.30. The first-order valence-electron chi connectivity index (χ1n) is 7.43. The lowest BCUT2D eigenvalue weighted by Crippen LogP contribution is -2.45. The fourth-order valence-electron chi connectivity index (χ4n) is 2.45. The van der Waals surface area contributed by atoms with Gasteiger partial charge in [-0.2, -0.15) is 0 Å². The molecule has 3 rings (SSSR count). The SMILES string of the molecule is O=C(Cc1ccccc1)NC1COC(c2ccccc2)OC1. The van der Waals surface area contributed by atoms with Crippen LogP contribution in [0, 0.1) is 0 Å². The maximum Gasteiger partial charge on any atom is 0.224 e. The zero-order chi connectivity index (χ0) is 15.2. The summed E-state index contributed by atoms with van der Waals surface area (Å²) in [5.74, 6) is -0.0124. The highest BCUT2D eigenvalue weighted by Gasteiger charge is 2.24. The first-order chi connectivity index (χ1) is 10.8. The number of carbonyl (C=O) groups is 1. The van der Waals surface area contributed by atoms with Crippen LogP contribution < -0.4 is 5.32 Å². The molecule has 1 fully saturated rings. The van der Waals surface area contributed by atoms with Crippen molar-refractivity contribution in [3.63, 3.8) is 0 Å². The van der Waals surface area contributed by atoms with Crippen LogP contribution in [0.5, 0.6) is 0 Å². The van der Waals surface area contributed by atoms with Crippen molar-refractivity contribution in [2.75, 3.05) is 13.2 Å². The van der Waals surface area contributed by atoms with Crippen LogP contribution in [0.3, 0.4) is 0 Å². The lowest BCUT2D eigenvalue weighted by atomic mass is 10.1. The van der Waals surface area contributed by atoms with Gasteiger partial charge in [-0.15, -0.1) is 0 Å².